The van der Waals surface area contributed by atoms with Gasteiger partial charge in [-0.2, -0.15) is 5.26 Å². The van der Waals surface area contributed by atoms with Crippen molar-refractivity contribution in [3.05, 3.63) is 58.7 Å². The van der Waals surface area contributed by atoms with Gasteiger partial charge in [0.25, 0.3) is 11.8 Å². The second-order valence-corrected chi connectivity index (χ2v) is 6.29. The zero-order valence-electron chi connectivity index (χ0n) is 16.1. The first-order valence-corrected chi connectivity index (χ1v) is 8.72. The molecule has 148 valence electrons. The van der Waals surface area contributed by atoms with Crippen molar-refractivity contribution in [2.24, 2.45) is 0 Å². The maximum atomic E-state index is 12.7. The molecule has 2 aromatic rings. The molecule has 8 heteroatoms. The van der Waals surface area contributed by atoms with Gasteiger partial charge in [0, 0.05) is 5.56 Å². The maximum Gasteiger partial charge on any atom is 0.339 e. The Morgan fingerprint density at radius 3 is 2.24 bits per heavy atom. The van der Waals surface area contributed by atoms with Crippen molar-refractivity contribution in [3.63, 3.8) is 0 Å². The number of benzene rings is 2. The molecular formula is C21H18N2O6. The Balaban J connectivity index is 1.99. The third-order valence-corrected chi connectivity index (χ3v) is 4.46. The minimum absolute atomic E-state index is 0.108. The molecule has 1 heterocycles. The number of carbonyl (C=O) groups excluding carboxylic acids is 3. The van der Waals surface area contributed by atoms with E-state index in [9.17, 15) is 14.4 Å². The zero-order chi connectivity index (χ0) is 21.1. The van der Waals surface area contributed by atoms with Crippen LogP contribution in [0.15, 0.2) is 36.4 Å². The van der Waals surface area contributed by atoms with Crippen molar-refractivity contribution in [1.82, 2.24) is 4.90 Å². The first kappa shape index (κ1) is 19.9. The van der Waals surface area contributed by atoms with Gasteiger partial charge in [-0.3, -0.25) is 14.5 Å². The molecule has 0 aliphatic carbocycles. The summed E-state index contributed by atoms with van der Waals surface area (Å²) >= 11 is 0. The number of methoxy groups -OCH3 is 2. The molecule has 29 heavy (non-hydrogen) atoms. The highest BCUT2D eigenvalue weighted by molar-refractivity contribution is 6.21. The SMILES string of the molecule is COc1cc(C(=O)O[C@@H](C)C#N)cc(CN2C(=O)c3ccccc3C2=O)c1OC. The number of amides is 2. The van der Waals surface area contributed by atoms with Crippen molar-refractivity contribution >= 4 is 17.8 Å². The van der Waals surface area contributed by atoms with Crippen LogP contribution in [0.25, 0.3) is 0 Å². The fourth-order valence-corrected chi connectivity index (χ4v) is 3.09. The van der Waals surface area contributed by atoms with Gasteiger partial charge in [-0.1, -0.05) is 12.1 Å². The molecule has 1 atom stereocenters. The molecule has 0 aromatic heterocycles. The number of nitrogens with zero attached hydrogens (tertiary/aromatic N) is 2. The van der Waals surface area contributed by atoms with Gasteiger partial charge in [0.15, 0.2) is 17.6 Å². The van der Waals surface area contributed by atoms with Crippen LogP contribution >= 0.6 is 0 Å². The lowest BCUT2D eigenvalue weighted by molar-refractivity contribution is 0.0434. The molecule has 3 rings (SSSR count). The second-order valence-electron chi connectivity index (χ2n) is 6.29. The van der Waals surface area contributed by atoms with Crippen molar-refractivity contribution in [2.75, 3.05) is 14.2 Å². The summed E-state index contributed by atoms with van der Waals surface area (Å²) < 4.78 is 15.7. The van der Waals surface area contributed by atoms with Crippen molar-refractivity contribution in [2.45, 2.75) is 19.6 Å². The lowest BCUT2D eigenvalue weighted by atomic mass is 10.1. The van der Waals surface area contributed by atoms with Gasteiger partial charge in [0.1, 0.15) is 6.07 Å². The normalized spacial score (nSPS) is 13.5. The van der Waals surface area contributed by atoms with Gasteiger partial charge in [0.05, 0.1) is 37.5 Å². The number of ether oxygens (including phenoxy) is 3. The summed E-state index contributed by atoms with van der Waals surface area (Å²) in [6, 6.07) is 11.2. The van der Waals surface area contributed by atoms with Crippen LogP contribution in [-0.4, -0.2) is 43.0 Å². The largest absolute Gasteiger partial charge is 0.493 e. The molecule has 0 radical (unpaired) electrons. The molecule has 0 N–H and O–H groups in total. The zero-order valence-corrected chi connectivity index (χ0v) is 16.1. The fraction of sp³-hybridized carbons (Fsp3) is 0.238. The van der Waals surface area contributed by atoms with Gasteiger partial charge in [-0.05, 0) is 31.2 Å². The number of hydrogen-bond donors (Lipinski definition) is 0. The van der Waals surface area contributed by atoms with Crippen LogP contribution in [-0.2, 0) is 11.3 Å². The molecule has 0 bridgehead atoms. The van der Waals surface area contributed by atoms with Crippen LogP contribution in [0.4, 0.5) is 0 Å². The Labute approximate surface area is 167 Å². The van der Waals surface area contributed by atoms with Crippen LogP contribution in [0.1, 0.15) is 43.6 Å². The quantitative estimate of drug-likeness (QED) is 0.547. The van der Waals surface area contributed by atoms with Gasteiger partial charge in [-0.25, -0.2) is 4.79 Å². The highest BCUT2D eigenvalue weighted by Gasteiger charge is 2.36. The van der Waals surface area contributed by atoms with E-state index < -0.39 is 23.9 Å². The maximum absolute atomic E-state index is 12.7. The average molecular weight is 394 g/mol. The van der Waals surface area contributed by atoms with Gasteiger partial charge >= 0.3 is 5.97 Å². The summed E-state index contributed by atoms with van der Waals surface area (Å²) in [4.78, 5) is 38.8. The number of esters is 1. The molecule has 8 nitrogen and oxygen atoms in total. The summed E-state index contributed by atoms with van der Waals surface area (Å²) in [5.74, 6) is -1.08. The summed E-state index contributed by atoms with van der Waals surface area (Å²) in [6.45, 7) is 1.32. The molecule has 0 saturated heterocycles. The smallest absolute Gasteiger partial charge is 0.339 e. The summed E-state index contributed by atoms with van der Waals surface area (Å²) in [6.07, 6.45) is -0.935. The number of hydrogen-bond acceptors (Lipinski definition) is 7. The number of imide groups is 1. The molecule has 1 aliphatic rings. The van der Waals surface area contributed by atoms with Gasteiger partial charge in [0.2, 0.25) is 0 Å². The molecule has 0 fully saturated rings. The first-order chi connectivity index (χ1) is 13.9. The lowest BCUT2D eigenvalue weighted by Crippen LogP contribution is -2.29. The molecule has 0 unspecified atom stereocenters. The summed E-state index contributed by atoms with van der Waals surface area (Å²) in [5.41, 5.74) is 1.14. The first-order valence-electron chi connectivity index (χ1n) is 8.72. The van der Waals surface area contributed by atoms with Crippen molar-refractivity contribution in [1.29, 1.82) is 5.26 Å². The van der Waals surface area contributed by atoms with Crippen molar-refractivity contribution in [3.8, 4) is 17.6 Å². The molecule has 2 amide bonds. The predicted molar refractivity (Wildman–Crippen MR) is 101 cm³/mol. The van der Waals surface area contributed by atoms with E-state index in [-0.39, 0.29) is 23.6 Å². The van der Waals surface area contributed by atoms with E-state index in [2.05, 4.69) is 0 Å². The number of rotatable bonds is 6. The monoisotopic (exact) mass is 394 g/mol. The second kappa shape index (κ2) is 8.02. The number of fused-ring (bicyclic) bond motifs is 1. The Morgan fingerprint density at radius 1 is 1.10 bits per heavy atom. The summed E-state index contributed by atoms with van der Waals surface area (Å²) in [5, 5.41) is 8.85. The Morgan fingerprint density at radius 2 is 1.72 bits per heavy atom. The fourth-order valence-electron chi connectivity index (χ4n) is 3.09. The lowest BCUT2D eigenvalue weighted by Gasteiger charge is -2.19. The highest BCUT2D eigenvalue weighted by Crippen LogP contribution is 2.35. The van der Waals surface area contributed by atoms with Crippen molar-refractivity contribution < 1.29 is 28.6 Å². The Kier molecular flexibility index (Phi) is 5.50. The standard InChI is InChI=1S/C21H18N2O6/c1-12(10-22)29-21(26)13-8-14(18(28-3)17(9-13)27-2)11-23-19(24)15-6-4-5-7-16(15)20(23)25/h4-9,12H,11H2,1-3H3/t12-/m0/s1. The van der Waals surface area contributed by atoms with E-state index in [4.69, 9.17) is 19.5 Å². The van der Waals surface area contributed by atoms with E-state index in [0.29, 0.717) is 16.7 Å². The summed E-state index contributed by atoms with van der Waals surface area (Å²) in [7, 11) is 2.82. The van der Waals surface area contributed by atoms with Crippen LogP contribution < -0.4 is 9.47 Å². The predicted octanol–water partition coefficient (Wildman–Crippen LogP) is 2.57. The van der Waals surface area contributed by atoms with Crippen LogP contribution in [0.5, 0.6) is 11.5 Å². The third kappa shape index (κ3) is 3.62. The minimum atomic E-state index is -0.935. The average Bonchev–Trinajstić information content (AvgIpc) is 2.98. The van der Waals surface area contributed by atoms with Crippen LogP contribution in [0.3, 0.4) is 0 Å². The van der Waals surface area contributed by atoms with E-state index in [1.54, 1.807) is 24.3 Å². The van der Waals surface area contributed by atoms with Gasteiger partial charge < -0.3 is 14.2 Å². The molecular weight excluding hydrogens is 376 g/mol. The van der Waals surface area contributed by atoms with Gasteiger partial charge in [-0.15, -0.1) is 0 Å². The minimum Gasteiger partial charge on any atom is -0.493 e. The van der Waals surface area contributed by atoms with E-state index in [1.165, 1.54) is 33.3 Å². The number of carbonyl (C=O) groups is 3. The molecule has 2 aromatic carbocycles. The molecule has 1 aliphatic heterocycles. The third-order valence-electron chi connectivity index (χ3n) is 4.46. The van der Waals surface area contributed by atoms with E-state index in [1.807, 2.05) is 6.07 Å². The number of nitriles is 1. The Bertz CT molecular complexity index is 1000. The van der Waals surface area contributed by atoms with E-state index in [0.717, 1.165) is 4.90 Å². The van der Waals surface area contributed by atoms with Crippen LogP contribution in [0.2, 0.25) is 0 Å². The Hall–Kier alpha value is -3.86. The van der Waals surface area contributed by atoms with Crippen LogP contribution in [0, 0.1) is 11.3 Å². The molecule has 0 saturated carbocycles. The van der Waals surface area contributed by atoms with E-state index >= 15 is 0 Å². The molecule has 0 spiro atoms. The topological polar surface area (TPSA) is 106 Å². The highest BCUT2D eigenvalue weighted by atomic mass is 16.5.